The molecule has 0 radical (unpaired) electrons. The zero-order valence-corrected chi connectivity index (χ0v) is 13.7. The Morgan fingerprint density at radius 3 is 2.70 bits per heavy atom. The highest BCUT2D eigenvalue weighted by Crippen LogP contribution is 2.41. The lowest BCUT2D eigenvalue weighted by atomic mass is 9.75. The molecule has 0 aromatic carbocycles. The van der Waals surface area contributed by atoms with Crippen molar-refractivity contribution in [3.05, 3.63) is 0 Å². The van der Waals surface area contributed by atoms with Crippen molar-refractivity contribution in [1.29, 1.82) is 0 Å². The molecule has 0 aromatic heterocycles. The lowest BCUT2D eigenvalue weighted by Crippen LogP contribution is -2.39. The van der Waals surface area contributed by atoms with Crippen molar-refractivity contribution in [3.63, 3.8) is 0 Å². The van der Waals surface area contributed by atoms with E-state index in [1.807, 2.05) is 11.8 Å². The van der Waals surface area contributed by atoms with Crippen LogP contribution in [0.15, 0.2) is 4.99 Å². The molecule has 1 heterocycles. The van der Waals surface area contributed by atoms with Crippen molar-refractivity contribution >= 4 is 16.9 Å². The molecule has 0 aromatic rings. The number of rotatable bonds is 5. The highest BCUT2D eigenvalue weighted by atomic mass is 32.2. The van der Waals surface area contributed by atoms with Gasteiger partial charge in [-0.2, -0.15) is 0 Å². The maximum atomic E-state index is 4.84. The van der Waals surface area contributed by atoms with Crippen LogP contribution in [0.4, 0.5) is 0 Å². The van der Waals surface area contributed by atoms with Crippen LogP contribution in [0.1, 0.15) is 51.9 Å². The predicted octanol–water partition coefficient (Wildman–Crippen LogP) is 3.11. The Labute approximate surface area is 128 Å². The second kappa shape index (κ2) is 6.69. The summed E-state index contributed by atoms with van der Waals surface area (Å²) in [6.07, 6.45) is 9.91. The molecule has 3 aliphatic rings. The molecule has 0 bridgehead atoms. The zero-order chi connectivity index (χ0) is 13.8. The Hall–Kier alpha value is -0.220. The van der Waals surface area contributed by atoms with Gasteiger partial charge in [-0.15, -0.1) is 0 Å². The van der Waals surface area contributed by atoms with E-state index in [4.69, 9.17) is 4.99 Å². The van der Waals surface area contributed by atoms with E-state index >= 15 is 0 Å². The third-order valence-corrected chi connectivity index (χ3v) is 6.44. The number of amidine groups is 1. The number of hydrogen-bond acceptors (Lipinski definition) is 4. The first kappa shape index (κ1) is 14.7. The molecule has 2 aliphatic carbocycles. The van der Waals surface area contributed by atoms with E-state index in [9.17, 15) is 0 Å². The Balaban J connectivity index is 1.40. The van der Waals surface area contributed by atoms with Gasteiger partial charge >= 0.3 is 0 Å². The van der Waals surface area contributed by atoms with Crippen LogP contribution in [0.25, 0.3) is 0 Å². The zero-order valence-electron chi connectivity index (χ0n) is 12.9. The Bertz CT molecular complexity index is 346. The first-order valence-electron chi connectivity index (χ1n) is 8.46. The summed E-state index contributed by atoms with van der Waals surface area (Å²) in [6.45, 7) is 6.77. The highest BCUT2D eigenvalue weighted by Gasteiger charge is 2.34. The molecular weight excluding hydrogens is 266 g/mol. The summed E-state index contributed by atoms with van der Waals surface area (Å²) >= 11 is 1.97. The fourth-order valence-electron chi connectivity index (χ4n) is 3.61. The van der Waals surface area contributed by atoms with E-state index in [2.05, 4.69) is 17.1 Å². The molecule has 0 saturated heterocycles. The van der Waals surface area contributed by atoms with Crippen molar-refractivity contribution < 1.29 is 0 Å². The Morgan fingerprint density at radius 1 is 1.30 bits per heavy atom. The third kappa shape index (κ3) is 3.70. The van der Waals surface area contributed by atoms with Gasteiger partial charge in [0.2, 0.25) is 0 Å². The number of hydrogen-bond donors (Lipinski definition) is 1. The maximum absolute atomic E-state index is 4.84. The van der Waals surface area contributed by atoms with E-state index in [1.54, 1.807) is 0 Å². The quantitative estimate of drug-likeness (QED) is 0.844. The van der Waals surface area contributed by atoms with Crippen LogP contribution >= 0.6 is 11.8 Å². The van der Waals surface area contributed by atoms with Gasteiger partial charge < -0.3 is 5.32 Å². The molecule has 0 amide bonds. The fraction of sp³-hybridized carbons (Fsp3) is 0.938. The molecule has 1 spiro atoms. The summed E-state index contributed by atoms with van der Waals surface area (Å²) in [4.78, 5) is 7.44. The van der Waals surface area contributed by atoms with Crippen LogP contribution in [-0.2, 0) is 0 Å². The van der Waals surface area contributed by atoms with Crippen molar-refractivity contribution in [1.82, 2.24) is 10.2 Å². The van der Waals surface area contributed by atoms with E-state index in [-0.39, 0.29) is 0 Å². The van der Waals surface area contributed by atoms with Crippen molar-refractivity contribution in [2.45, 2.75) is 57.9 Å². The van der Waals surface area contributed by atoms with Crippen molar-refractivity contribution in [2.24, 2.45) is 10.4 Å². The SMILES string of the molecule is CCN(CCNC1=NCC2(CCCCC2)CS1)C1CC1. The minimum Gasteiger partial charge on any atom is -0.364 e. The molecule has 0 atom stereocenters. The minimum atomic E-state index is 0.553. The lowest BCUT2D eigenvalue weighted by Gasteiger charge is -2.38. The first-order chi connectivity index (χ1) is 9.81. The molecule has 20 heavy (non-hydrogen) atoms. The maximum Gasteiger partial charge on any atom is 0.156 e. The van der Waals surface area contributed by atoms with Crippen LogP contribution in [0.3, 0.4) is 0 Å². The summed E-state index contributed by atoms with van der Waals surface area (Å²) < 4.78 is 0. The van der Waals surface area contributed by atoms with Crippen molar-refractivity contribution in [3.8, 4) is 0 Å². The van der Waals surface area contributed by atoms with Gasteiger partial charge in [0.05, 0.1) is 0 Å². The Kier molecular flexibility index (Phi) is 4.92. The summed E-state index contributed by atoms with van der Waals surface area (Å²) in [5.74, 6) is 1.29. The summed E-state index contributed by atoms with van der Waals surface area (Å²) in [7, 11) is 0. The topological polar surface area (TPSA) is 27.6 Å². The number of nitrogens with one attached hydrogen (secondary N) is 1. The molecule has 1 aliphatic heterocycles. The van der Waals surface area contributed by atoms with Gasteiger partial charge in [0.25, 0.3) is 0 Å². The second-order valence-electron chi connectivity index (χ2n) is 6.76. The third-order valence-electron chi connectivity index (χ3n) is 5.13. The second-order valence-corrected chi connectivity index (χ2v) is 7.72. The molecular formula is C16H29N3S. The van der Waals surface area contributed by atoms with Gasteiger partial charge in [-0.3, -0.25) is 9.89 Å². The predicted molar refractivity (Wildman–Crippen MR) is 88.5 cm³/mol. The fourth-order valence-corrected chi connectivity index (χ4v) is 4.79. The van der Waals surface area contributed by atoms with Crippen LogP contribution in [0.5, 0.6) is 0 Å². The largest absolute Gasteiger partial charge is 0.364 e. The summed E-state index contributed by atoms with van der Waals surface area (Å²) in [5.41, 5.74) is 0.553. The summed E-state index contributed by atoms with van der Waals surface area (Å²) in [6, 6.07) is 0.883. The molecule has 3 rings (SSSR count). The number of thioether (sulfide) groups is 1. The van der Waals surface area contributed by atoms with E-state index in [0.717, 1.165) is 19.1 Å². The highest BCUT2D eigenvalue weighted by molar-refractivity contribution is 8.13. The van der Waals surface area contributed by atoms with E-state index in [0.29, 0.717) is 5.41 Å². The minimum absolute atomic E-state index is 0.553. The number of aliphatic imine (C=N–C) groups is 1. The first-order valence-corrected chi connectivity index (χ1v) is 9.45. The molecule has 0 unspecified atom stereocenters. The van der Waals surface area contributed by atoms with E-state index in [1.165, 1.54) is 69.0 Å². The smallest absolute Gasteiger partial charge is 0.156 e. The standard InChI is InChI=1S/C16H29N3S/c1-2-19(14-6-7-14)11-10-17-15-18-12-16(13-20-15)8-4-3-5-9-16/h14H,2-13H2,1H3,(H,17,18). The Morgan fingerprint density at radius 2 is 2.10 bits per heavy atom. The van der Waals surface area contributed by atoms with Crippen LogP contribution in [-0.4, -0.2) is 48.0 Å². The van der Waals surface area contributed by atoms with E-state index < -0.39 is 0 Å². The number of nitrogens with zero attached hydrogens (tertiary/aromatic N) is 2. The average Bonchev–Trinajstić information content (AvgIpc) is 3.31. The summed E-state index contributed by atoms with van der Waals surface area (Å²) in [5, 5.41) is 4.76. The van der Waals surface area contributed by atoms with Crippen LogP contribution in [0, 0.1) is 5.41 Å². The average molecular weight is 295 g/mol. The molecule has 1 N–H and O–H groups in total. The van der Waals surface area contributed by atoms with Gasteiger partial charge in [-0.25, -0.2) is 0 Å². The lowest BCUT2D eigenvalue weighted by molar-refractivity contribution is 0.232. The monoisotopic (exact) mass is 295 g/mol. The van der Waals surface area contributed by atoms with Gasteiger partial charge in [-0.05, 0) is 37.6 Å². The normalized spacial score (nSPS) is 25.8. The molecule has 2 saturated carbocycles. The molecule has 2 fully saturated rings. The van der Waals surface area contributed by atoms with Crippen molar-refractivity contribution in [2.75, 3.05) is 31.9 Å². The number of likely N-dealkylation sites (N-methyl/N-ethyl adjacent to an activating group) is 1. The molecule has 3 nitrogen and oxygen atoms in total. The van der Waals surface area contributed by atoms with Gasteiger partial charge in [0, 0.05) is 31.4 Å². The molecule has 4 heteroatoms. The van der Waals surface area contributed by atoms with Crippen LogP contribution < -0.4 is 5.32 Å². The molecule has 114 valence electrons. The van der Waals surface area contributed by atoms with Crippen LogP contribution in [0.2, 0.25) is 0 Å². The van der Waals surface area contributed by atoms with Gasteiger partial charge in [-0.1, -0.05) is 37.9 Å². The van der Waals surface area contributed by atoms with Gasteiger partial charge in [0.1, 0.15) is 0 Å². The van der Waals surface area contributed by atoms with Gasteiger partial charge in [0.15, 0.2) is 5.17 Å².